The first kappa shape index (κ1) is 25.7. The number of benzene rings is 2. The Hall–Kier alpha value is -2.94. The number of aryl methyl sites for hydroxylation is 1. The van der Waals surface area contributed by atoms with Crippen molar-refractivity contribution < 1.29 is 9.59 Å². The van der Waals surface area contributed by atoms with Crippen LogP contribution in [0.25, 0.3) is 33.0 Å². The number of rotatable bonds is 10. The Morgan fingerprint density at radius 2 is 1.51 bits per heavy atom. The van der Waals surface area contributed by atoms with E-state index in [2.05, 4.69) is 70.1 Å². The van der Waals surface area contributed by atoms with Crippen molar-refractivity contribution in [3.8, 4) is 0 Å². The molecule has 0 unspecified atom stereocenters. The van der Waals surface area contributed by atoms with Gasteiger partial charge in [0.25, 0.3) is 11.8 Å². The van der Waals surface area contributed by atoms with Crippen molar-refractivity contribution in [1.82, 2.24) is 19.8 Å². The second kappa shape index (κ2) is 10.8. The molecule has 0 fully saturated rings. The van der Waals surface area contributed by atoms with Crippen LogP contribution in [0.15, 0.2) is 58.6 Å². The van der Waals surface area contributed by atoms with Gasteiger partial charge in [0.15, 0.2) is 0 Å². The molecule has 6 nitrogen and oxygen atoms in total. The van der Waals surface area contributed by atoms with E-state index in [0.29, 0.717) is 11.1 Å². The van der Waals surface area contributed by atoms with Crippen molar-refractivity contribution in [3.05, 3.63) is 59.9 Å². The number of nitrogens with one attached hydrogen (secondary N) is 2. The summed E-state index contributed by atoms with van der Waals surface area (Å²) in [5, 5.41) is 4.52. The molecule has 0 atom stereocenters. The molecule has 3 heterocycles. The SMILES string of the molecule is CCN(CC)CCCn1cc(C2=C(c3c[nH]c4ccc(SC)cc34)C(=O)NC2=O)c2cc(SC)ccc21. The second-order valence-corrected chi connectivity index (χ2v) is 10.9. The van der Waals surface area contributed by atoms with Crippen LogP contribution in [0, 0.1) is 0 Å². The van der Waals surface area contributed by atoms with Crippen molar-refractivity contribution in [2.75, 3.05) is 32.1 Å². The number of imide groups is 1. The number of aromatic amines is 1. The van der Waals surface area contributed by atoms with E-state index < -0.39 is 0 Å². The Morgan fingerprint density at radius 1 is 0.865 bits per heavy atom. The Kier molecular flexibility index (Phi) is 7.51. The lowest BCUT2D eigenvalue weighted by Gasteiger charge is -2.18. The molecular weight excluding hydrogens is 500 g/mol. The summed E-state index contributed by atoms with van der Waals surface area (Å²) in [5.41, 5.74) is 4.47. The molecule has 2 aromatic carbocycles. The van der Waals surface area contributed by atoms with Crippen molar-refractivity contribution in [2.24, 2.45) is 0 Å². The minimum atomic E-state index is -0.348. The number of hydrogen-bond acceptors (Lipinski definition) is 5. The van der Waals surface area contributed by atoms with Crippen molar-refractivity contribution in [1.29, 1.82) is 0 Å². The fraction of sp³-hybridized carbons (Fsp3) is 0.310. The number of H-pyrrole nitrogens is 1. The minimum Gasteiger partial charge on any atom is -0.361 e. The zero-order valence-electron chi connectivity index (χ0n) is 21.7. The Bertz CT molecular complexity index is 1530. The van der Waals surface area contributed by atoms with E-state index in [4.69, 9.17) is 0 Å². The van der Waals surface area contributed by atoms with Crippen molar-refractivity contribution in [3.63, 3.8) is 0 Å². The fourth-order valence-electron chi connectivity index (χ4n) is 5.19. The molecule has 192 valence electrons. The molecule has 0 bridgehead atoms. The largest absolute Gasteiger partial charge is 0.361 e. The average Bonchev–Trinajstić information content (AvgIpc) is 3.58. The zero-order valence-corrected chi connectivity index (χ0v) is 23.3. The molecule has 0 saturated carbocycles. The zero-order chi connectivity index (χ0) is 26.1. The van der Waals surface area contributed by atoms with Crippen LogP contribution in [0.4, 0.5) is 0 Å². The number of hydrogen-bond donors (Lipinski definition) is 2. The Balaban J connectivity index is 1.67. The molecule has 2 amide bonds. The number of aromatic nitrogens is 2. The smallest absolute Gasteiger partial charge is 0.259 e. The summed E-state index contributed by atoms with van der Waals surface area (Å²) in [6.45, 7) is 8.30. The van der Waals surface area contributed by atoms with Crippen molar-refractivity contribution in [2.45, 2.75) is 36.6 Å². The number of thioether (sulfide) groups is 2. The van der Waals surface area contributed by atoms with Gasteiger partial charge in [0.1, 0.15) is 0 Å². The number of amides is 2. The van der Waals surface area contributed by atoms with Gasteiger partial charge in [-0.05, 0) is 75.0 Å². The van der Waals surface area contributed by atoms with Gasteiger partial charge in [-0.15, -0.1) is 23.5 Å². The van der Waals surface area contributed by atoms with Gasteiger partial charge in [0, 0.05) is 61.7 Å². The predicted molar refractivity (Wildman–Crippen MR) is 156 cm³/mol. The number of fused-ring (bicyclic) bond motifs is 2. The van der Waals surface area contributed by atoms with Gasteiger partial charge >= 0.3 is 0 Å². The minimum absolute atomic E-state index is 0.341. The third-order valence-electron chi connectivity index (χ3n) is 7.21. The molecule has 5 rings (SSSR count). The van der Waals surface area contributed by atoms with Gasteiger partial charge in [-0.25, -0.2) is 0 Å². The van der Waals surface area contributed by atoms with E-state index in [9.17, 15) is 9.59 Å². The van der Waals surface area contributed by atoms with E-state index in [1.54, 1.807) is 23.5 Å². The van der Waals surface area contributed by atoms with Crippen LogP contribution >= 0.6 is 23.5 Å². The molecule has 0 radical (unpaired) electrons. The molecule has 1 aliphatic rings. The summed E-state index contributed by atoms with van der Waals surface area (Å²) in [6.07, 6.45) is 8.99. The summed E-state index contributed by atoms with van der Waals surface area (Å²) in [5.74, 6) is -0.689. The first-order valence-electron chi connectivity index (χ1n) is 12.6. The van der Waals surface area contributed by atoms with Crippen LogP contribution in [0.2, 0.25) is 0 Å². The van der Waals surface area contributed by atoms with Crippen LogP contribution < -0.4 is 5.32 Å². The fourth-order valence-corrected chi connectivity index (χ4v) is 6.07. The van der Waals surface area contributed by atoms with Crippen LogP contribution in [0.1, 0.15) is 31.4 Å². The maximum Gasteiger partial charge on any atom is 0.259 e. The maximum absolute atomic E-state index is 13.3. The summed E-state index contributed by atoms with van der Waals surface area (Å²) in [6, 6.07) is 12.5. The van der Waals surface area contributed by atoms with Crippen LogP contribution in [-0.4, -0.2) is 58.4 Å². The molecule has 4 aromatic rings. The second-order valence-electron chi connectivity index (χ2n) is 9.15. The molecule has 2 aromatic heterocycles. The highest BCUT2D eigenvalue weighted by Gasteiger charge is 2.35. The van der Waals surface area contributed by atoms with Crippen molar-refractivity contribution >= 4 is 68.3 Å². The standard InChI is InChI=1S/C29H32N4O2S2/c1-5-32(6-2)12-7-13-33-17-23(21-15-19(37-4)9-11-25(21)33)27-26(28(34)31-29(27)35)22-16-30-24-10-8-18(36-3)14-20(22)24/h8-11,14-17,30H,5-7,12-13H2,1-4H3,(H,31,34,35). The average molecular weight is 533 g/mol. The third kappa shape index (κ3) is 4.74. The molecule has 1 aliphatic heterocycles. The molecule has 0 saturated heterocycles. The van der Waals surface area contributed by atoms with E-state index in [-0.39, 0.29) is 11.8 Å². The number of nitrogens with zero attached hydrogens (tertiary/aromatic N) is 2. The Labute approximate surface area is 225 Å². The summed E-state index contributed by atoms with van der Waals surface area (Å²) in [4.78, 5) is 34.5. The Morgan fingerprint density at radius 3 is 2.19 bits per heavy atom. The lowest BCUT2D eigenvalue weighted by molar-refractivity contribution is -0.122. The highest BCUT2D eigenvalue weighted by molar-refractivity contribution is 7.98. The molecule has 8 heteroatoms. The molecule has 0 spiro atoms. The first-order valence-corrected chi connectivity index (χ1v) is 15.1. The maximum atomic E-state index is 13.3. The van der Waals surface area contributed by atoms with Crippen LogP contribution in [-0.2, 0) is 16.1 Å². The van der Waals surface area contributed by atoms with Gasteiger partial charge < -0.3 is 14.5 Å². The summed E-state index contributed by atoms with van der Waals surface area (Å²) in [7, 11) is 0. The number of carbonyl (C=O) groups is 2. The van der Waals surface area contributed by atoms with Gasteiger partial charge in [-0.2, -0.15) is 0 Å². The summed E-state index contributed by atoms with van der Waals surface area (Å²) >= 11 is 3.32. The predicted octanol–water partition coefficient (Wildman–Crippen LogP) is 5.87. The van der Waals surface area contributed by atoms with E-state index in [1.807, 2.05) is 24.8 Å². The van der Waals surface area contributed by atoms with Gasteiger partial charge in [0.05, 0.1) is 11.1 Å². The monoisotopic (exact) mass is 532 g/mol. The lowest BCUT2D eigenvalue weighted by atomic mass is 9.95. The number of carbonyl (C=O) groups excluding carboxylic acids is 2. The van der Waals surface area contributed by atoms with E-state index >= 15 is 0 Å². The lowest BCUT2D eigenvalue weighted by Crippen LogP contribution is -2.24. The molecule has 37 heavy (non-hydrogen) atoms. The van der Waals surface area contributed by atoms with Gasteiger partial charge in [-0.1, -0.05) is 13.8 Å². The van der Waals surface area contributed by atoms with E-state index in [1.165, 1.54) is 0 Å². The topological polar surface area (TPSA) is 70.1 Å². The van der Waals surface area contributed by atoms with Gasteiger partial charge in [0.2, 0.25) is 0 Å². The molecule has 2 N–H and O–H groups in total. The summed E-state index contributed by atoms with van der Waals surface area (Å²) < 4.78 is 2.24. The van der Waals surface area contributed by atoms with Crippen LogP contribution in [0.3, 0.4) is 0 Å². The van der Waals surface area contributed by atoms with Gasteiger partial charge in [-0.3, -0.25) is 14.9 Å². The molecule has 0 aliphatic carbocycles. The third-order valence-corrected chi connectivity index (χ3v) is 8.67. The molecular formula is C29H32N4O2S2. The highest BCUT2D eigenvalue weighted by Crippen LogP contribution is 2.39. The normalized spacial score (nSPS) is 14.1. The van der Waals surface area contributed by atoms with Crippen LogP contribution in [0.5, 0.6) is 0 Å². The quantitative estimate of drug-likeness (QED) is 0.198. The van der Waals surface area contributed by atoms with E-state index in [0.717, 1.165) is 75.3 Å². The first-order chi connectivity index (χ1) is 18.0. The highest BCUT2D eigenvalue weighted by atomic mass is 32.2.